The Morgan fingerprint density at radius 1 is 1.41 bits per heavy atom. The van der Waals surface area contributed by atoms with Crippen LogP contribution in [0.15, 0.2) is 48.6 Å². The standard InChI is InChI=1S/C18H19N3O/c1-3-7-18(22)21(2)11-6-9-15(13-19)17-12-14-8-4-5-10-16(14)20-17/h3-5,7-10,12,20H,6,11H2,1-2H3/b7-3+,15-9+. The summed E-state index contributed by atoms with van der Waals surface area (Å²) in [6.07, 6.45) is 5.76. The zero-order valence-electron chi connectivity index (χ0n) is 12.8. The fraction of sp³-hybridized carbons (Fsp3) is 0.222. The number of para-hydroxylation sites is 1. The van der Waals surface area contributed by atoms with E-state index in [1.807, 2.05) is 43.3 Å². The van der Waals surface area contributed by atoms with Gasteiger partial charge in [0.2, 0.25) is 5.91 Å². The van der Waals surface area contributed by atoms with Gasteiger partial charge in [0.05, 0.1) is 11.3 Å². The third kappa shape index (κ3) is 3.64. The van der Waals surface area contributed by atoms with Gasteiger partial charge >= 0.3 is 0 Å². The SMILES string of the molecule is C/C=C/C(=O)N(C)CC/C=C(\C#N)c1cc2ccccc2[nH]1. The first-order valence-corrected chi connectivity index (χ1v) is 7.22. The van der Waals surface area contributed by atoms with E-state index in [4.69, 9.17) is 0 Å². The Kier molecular flexibility index (Phi) is 5.16. The summed E-state index contributed by atoms with van der Waals surface area (Å²) in [5, 5.41) is 10.4. The average molecular weight is 293 g/mol. The van der Waals surface area contributed by atoms with Crippen molar-refractivity contribution in [3.63, 3.8) is 0 Å². The van der Waals surface area contributed by atoms with Crippen LogP contribution in [0, 0.1) is 11.3 Å². The van der Waals surface area contributed by atoms with E-state index in [2.05, 4.69) is 11.1 Å². The van der Waals surface area contributed by atoms with Crippen molar-refractivity contribution in [3.8, 4) is 6.07 Å². The number of rotatable bonds is 5. The molecule has 4 nitrogen and oxygen atoms in total. The molecule has 22 heavy (non-hydrogen) atoms. The Bertz CT molecular complexity index is 729. The van der Waals surface area contributed by atoms with Gasteiger partial charge in [0.15, 0.2) is 0 Å². The topological polar surface area (TPSA) is 59.9 Å². The molecule has 1 aromatic carbocycles. The second-order valence-electron chi connectivity index (χ2n) is 5.05. The monoisotopic (exact) mass is 293 g/mol. The molecule has 0 aliphatic rings. The molecular weight excluding hydrogens is 274 g/mol. The molecule has 0 aliphatic heterocycles. The first-order chi connectivity index (χ1) is 10.7. The van der Waals surface area contributed by atoms with Crippen LogP contribution in [0.4, 0.5) is 0 Å². The molecule has 112 valence electrons. The largest absolute Gasteiger partial charge is 0.354 e. The second kappa shape index (κ2) is 7.28. The number of carbonyl (C=O) groups is 1. The van der Waals surface area contributed by atoms with Crippen LogP contribution < -0.4 is 0 Å². The lowest BCUT2D eigenvalue weighted by Gasteiger charge is -2.13. The minimum absolute atomic E-state index is 0.0278. The van der Waals surface area contributed by atoms with Gasteiger partial charge < -0.3 is 9.88 Å². The number of carbonyl (C=O) groups excluding carboxylic acids is 1. The lowest BCUT2D eigenvalue weighted by atomic mass is 10.1. The molecule has 0 radical (unpaired) electrons. The van der Waals surface area contributed by atoms with Gasteiger partial charge in [-0.2, -0.15) is 5.26 Å². The number of allylic oxidation sites excluding steroid dienone is 2. The maximum atomic E-state index is 11.6. The van der Waals surface area contributed by atoms with Gasteiger partial charge in [0, 0.05) is 24.5 Å². The van der Waals surface area contributed by atoms with E-state index in [1.165, 1.54) is 6.08 Å². The molecule has 0 unspecified atom stereocenters. The highest BCUT2D eigenvalue weighted by Crippen LogP contribution is 2.20. The molecule has 0 spiro atoms. The van der Waals surface area contributed by atoms with Gasteiger partial charge in [0.1, 0.15) is 6.07 Å². The van der Waals surface area contributed by atoms with Crippen LogP contribution in [-0.2, 0) is 4.79 Å². The molecule has 0 saturated carbocycles. The summed E-state index contributed by atoms with van der Waals surface area (Å²) in [4.78, 5) is 16.5. The Morgan fingerprint density at radius 2 is 2.18 bits per heavy atom. The van der Waals surface area contributed by atoms with E-state index in [1.54, 1.807) is 18.0 Å². The lowest BCUT2D eigenvalue weighted by Crippen LogP contribution is -2.25. The van der Waals surface area contributed by atoms with Crippen LogP contribution in [0.3, 0.4) is 0 Å². The predicted molar refractivity (Wildman–Crippen MR) is 89.0 cm³/mol. The van der Waals surface area contributed by atoms with Crippen LogP contribution in [0.1, 0.15) is 19.0 Å². The maximum Gasteiger partial charge on any atom is 0.245 e. The highest BCUT2D eigenvalue weighted by Gasteiger charge is 2.06. The third-order valence-electron chi connectivity index (χ3n) is 3.44. The number of nitrogens with zero attached hydrogens (tertiary/aromatic N) is 2. The predicted octanol–water partition coefficient (Wildman–Crippen LogP) is 3.50. The summed E-state index contributed by atoms with van der Waals surface area (Å²) in [5.41, 5.74) is 2.42. The first kappa shape index (κ1) is 15.6. The smallest absolute Gasteiger partial charge is 0.245 e. The second-order valence-corrected chi connectivity index (χ2v) is 5.05. The number of aromatic nitrogens is 1. The van der Waals surface area contributed by atoms with Crippen molar-refractivity contribution in [2.45, 2.75) is 13.3 Å². The number of hydrogen-bond acceptors (Lipinski definition) is 2. The molecule has 4 heteroatoms. The summed E-state index contributed by atoms with van der Waals surface area (Å²) in [7, 11) is 1.76. The van der Waals surface area contributed by atoms with E-state index < -0.39 is 0 Å². The summed E-state index contributed by atoms with van der Waals surface area (Å²) in [6.45, 7) is 2.39. The van der Waals surface area contributed by atoms with Crippen molar-refractivity contribution in [1.82, 2.24) is 9.88 Å². The van der Waals surface area contributed by atoms with Crippen molar-refractivity contribution >= 4 is 22.4 Å². The molecule has 0 aliphatic carbocycles. The van der Waals surface area contributed by atoms with Crippen LogP contribution in [0.2, 0.25) is 0 Å². The van der Waals surface area contributed by atoms with Crippen LogP contribution in [-0.4, -0.2) is 29.4 Å². The van der Waals surface area contributed by atoms with Gasteiger partial charge in [-0.15, -0.1) is 0 Å². The summed E-state index contributed by atoms with van der Waals surface area (Å²) in [6, 6.07) is 12.1. The number of benzene rings is 1. The van der Waals surface area contributed by atoms with E-state index in [9.17, 15) is 10.1 Å². The molecule has 1 amide bonds. The zero-order valence-corrected chi connectivity index (χ0v) is 12.8. The fourth-order valence-electron chi connectivity index (χ4n) is 2.22. The number of likely N-dealkylation sites (N-methyl/N-ethyl adjacent to an activating group) is 1. The molecule has 1 N–H and O–H groups in total. The lowest BCUT2D eigenvalue weighted by molar-refractivity contribution is -0.124. The molecule has 0 bridgehead atoms. The highest BCUT2D eigenvalue weighted by molar-refractivity contribution is 5.88. The third-order valence-corrected chi connectivity index (χ3v) is 3.44. The van der Waals surface area contributed by atoms with E-state index >= 15 is 0 Å². The minimum Gasteiger partial charge on any atom is -0.354 e. The molecule has 2 rings (SSSR count). The normalized spacial score (nSPS) is 11.8. The number of hydrogen-bond donors (Lipinski definition) is 1. The number of nitrogens with one attached hydrogen (secondary N) is 1. The molecule has 0 atom stereocenters. The number of nitriles is 1. The van der Waals surface area contributed by atoms with E-state index in [0.29, 0.717) is 18.5 Å². The molecular formula is C18H19N3O. The fourth-order valence-corrected chi connectivity index (χ4v) is 2.22. The van der Waals surface area contributed by atoms with Crippen LogP contribution >= 0.6 is 0 Å². The van der Waals surface area contributed by atoms with Crippen molar-refractivity contribution in [1.29, 1.82) is 5.26 Å². The maximum absolute atomic E-state index is 11.6. The van der Waals surface area contributed by atoms with Gasteiger partial charge in [-0.05, 0) is 31.6 Å². The number of aromatic amines is 1. The van der Waals surface area contributed by atoms with Gasteiger partial charge in [-0.3, -0.25) is 4.79 Å². The van der Waals surface area contributed by atoms with Crippen molar-refractivity contribution in [2.24, 2.45) is 0 Å². The Hall–Kier alpha value is -2.80. The Balaban J connectivity index is 2.08. The van der Waals surface area contributed by atoms with Crippen LogP contribution in [0.5, 0.6) is 0 Å². The van der Waals surface area contributed by atoms with Crippen molar-refractivity contribution in [2.75, 3.05) is 13.6 Å². The quantitative estimate of drug-likeness (QED) is 0.677. The zero-order chi connectivity index (χ0) is 15.9. The highest BCUT2D eigenvalue weighted by atomic mass is 16.2. The Labute approximate surface area is 130 Å². The van der Waals surface area contributed by atoms with Crippen molar-refractivity contribution < 1.29 is 4.79 Å². The molecule has 0 saturated heterocycles. The number of H-pyrrole nitrogens is 1. The van der Waals surface area contributed by atoms with E-state index in [-0.39, 0.29) is 5.91 Å². The van der Waals surface area contributed by atoms with Gasteiger partial charge in [0.25, 0.3) is 0 Å². The summed E-state index contributed by atoms with van der Waals surface area (Å²) in [5.74, 6) is -0.0278. The summed E-state index contributed by atoms with van der Waals surface area (Å²) >= 11 is 0. The van der Waals surface area contributed by atoms with Crippen LogP contribution in [0.25, 0.3) is 16.5 Å². The minimum atomic E-state index is -0.0278. The first-order valence-electron chi connectivity index (χ1n) is 7.22. The Morgan fingerprint density at radius 3 is 2.86 bits per heavy atom. The molecule has 1 aromatic heterocycles. The van der Waals surface area contributed by atoms with Gasteiger partial charge in [-0.25, -0.2) is 0 Å². The molecule has 1 heterocycles. The average Bonchev–Trinajstić information content (AvgIpc) is 2.95. The number of fused-ring (bicyclic) bond motifs is 1. The number of amides is 1. The molecule has 0 fully saturated rings. The molecule has 2 aromatic rings. The van der Waals surface area contributed by atoms with Gasteiger partial charge in [-0.1, -0.05) is 30.4 Å². The summed E-state index contributed by atoms with van der Waals surface area (Å²) < 4.78 is 0. The van der Waals surface area contributed by atoms with Crippen molar-refractivity contribution in [3.05, 3.63) is 54.3 Å². The van der Waals surface area contributed by atoms with E-state index in [0.717, 1.165) is 16.6 Å².